The molecule has 3 rings (SSSR count). The first kappa shape index (κ1) is 18.5. The molecular weight excluding hydrogens is 378 g/mol. The molecule has 0 unspecified atom stereocenters. The Balaban J connectivity index is 1.73. The summed E-state index contributed by atoms with van der Waals surface area (Å²) in [5, 5.41) is 1.59. The number of hydrogen-bond acceptors (Lipinski definition) is 8. The topological polar surface area (TPSA) is 114 Å². The second kappa shape index (κ2) is 7.98. The lowest BCUT2D eigenvalue weighted by atomic mass is 10.2. The normalized spacial score (nSPS) is 15.4. The largest absolute Gasteiger partial charge is 0.481 e. The summed E-state index contributed by atoms with van der Waals surface area (Å²) in [5.74, 6) is -0.0991. The van der Waals surface area contributed by atoms with E-state index < -0.39 is 15.9 Å². The molecule has 1 aliphatic rings. The van der Waals surface area contributed by atoms with Gasteiger partial charge in [0.15, 0.2) is 0 Å². The number of thiophene rings is 1. The van der Waals surface area contributed by atoms with Crippen LogP contribution in [0.5, 0.6) is 5.88 Å². The minimum absolute atomic E-state index is 0.0234. The van der Waals surface area contributed by atoms with Gasteiger partial charge in [-0.1, -0.05) is 6.42 Å². The number of hydrogen-bond donors (Lipinski definition) is 2. The molecule has 140 valence electrons. The van der Waals surface area contributed by atoms with Crippen LogP contribution in [-0.4, -0.2) is 48.8 Å². The van der Waals surface area contributed by atoms with Crippen molar-refractivity contribution in [3.8, 4) is 5.88 Å². The molecule has 0 radical (unpaired) electrons. The predicted octanol–water partition coefficient (Wildman–Crippen LogP) is 1.48. The van der Waals surface area contributed by atoms with Gasteiger partial charge in [0.05, 0.1) is 7.11 Å². The maximum atomic E-state index is 12.8. The van der Waals surface area contributed by atoms with Crippen LogP contribution in [0.3, 0.4) is 0 Å². The zero-order valence-corrected chi connectivity index (χ0v) is 15.8. The van der Waals surface area contributed by atoms with Crippen molar-refractivity contribution in [1.29, 1.82) is 0 Å². The monoisotopic (exact) mass is 397 g/mol. The Kier molecular flexibility index (Phi) is 5.69. The van der Waals surface area contributed by atoms with E-state index in [-0.39, 0.29) is 15.7 Å². The molecule has 9 nitrogen and oxygen atoms in total. The van der Waals surface area contributed by atoms with Crippen LogP contribution in [0.15, 0.2) is 28.6 Å². The van der Waals surface area contributed by atoms with Crippen molar-refractivity contribution >= 4 is 33.2 Å². The summed E-state index contributed by atoms with van der Waals surface area (Å²) in [6.45, 7) is 0.963. The van der Waals surface area contributed by atoms with Crippen LogP contribution < -0.4 is 15.6 Å². The molecule has 1 aliphatic heterocycles. The molecule has 11 heteroatoms. The lowest BCUT2D eigenvalue weighted by molar-refractivity contribution is 0.0963. The summed E-state index contributed by atoms with van der Waals surface area (Å²) in [6, 6.07) is 3.03. The van der Waals surface area contributed by atoms with Gasteiger partial charge in [0.2, 0.25) is 21.9 Å². The summed E-state index contributed by atoms with van der Waals surface area (Å²) in [7, 11) is -2.22. The fraction of sp³-hybridized carbons (Fsp3) is 0.400. The second-order valence-corrected chi connectivity index (χ2v) is 8.40. The van der Waals surface area contributed by atoms with E-state index in [1.54, 1.807) is 11.4 Å². The number of hydrazine groups is 1. The van der Waals surface area contributed by atoms with Crippen LogP contribution in [0.2, 0.25) is 0 Å². The maximum Gasteiger partial charge on any atom is 0.281 e. The third kappa shape index (κ3) is 3.94. The van der Waals surface area contributed by atoms with E-state index in [0.29, 0.717) is 19.0 Å². The van der Waals surface area contributed by atoms with Gasteiger partial charge in [-0.3, -0.25) is 15.6 Å². The van der Waals surface area contributed by atoms with E-state index in [0.717, 1.165) is 30.6 Å². The van der Waals surface area contributed by atoms with Crippen LogP contribution >= 0.6 is 11.3 Å². The highest BCUT2D eigenvalue weighted by molar-refractivity contribution is 7.89. The average Bonchev–Trinajstić information content (AvgIpc) is 3.18. The maximum absolute atomic E-state index is 12.8. The highest BCUT2D eigenvalue weighted by Gasteiger charge is 2.31. The molecule has 0 atom stereocenters. The zero-order chi connectivity index (χ0) is 18.6. The number of methoxy groups -OCH3 is 1. The standard InChI is InChI=1S/C15H19N5O4S2/c1-24-12-5-7-16-15(17-12)19-18-14(21)13-11(6-10-25-13)26(22,23)20-8-3-2-4-9-20/h5-7,10H,2-4,8-9H2,1H3,(H,18,21)(H,16,17,19). The summed E-state index contributed by atoms with van der Waals surface area (Å²) < 4.78 is 32.1. The van der Waals surface area contributed by atoms with Crippen molar-refractivity contribution in [2.45, 2.75) is 24.2 Å². The molecule has 2 N–H and O–H groups in total. The Morgan fingerprint density at radius 2 is 2.04 bits per heavy atom. The fourth-order valence-corrected chi connectivity index (χ4v) is 5.41. The van der Waals surface area contributed by atoms with Crippen molar-refractivity contribution in [2.75, 3.05) is 25.6 Å². The molecule has 0 aliphatic carbocycles. The molecule has 0 saturated carbocycles. The quantitative estimate of drug-likeness (QED) is 0.710. The minimum atomic E-state index is -3.68. The first-order chi connectivity index (χ1) is 12.5. The Hall–Kier alpha value is -2.24. The van der Waals surface area contributed by atoms with Gasteiger partial charge in [0, 0.05) is 25.4 Å². The van der Waals surface area contributed by atoms with Crippen molar-refractivity contribution in [3.63, 3.8) is 0 Å². The Bertz CT molecular complexity index is 878. The van der Waals surface area contributed by atoms with Gasteiger partial charge in [0.25, 0.3) is 5.91 Å². The average molecular weight is 397 g/mol. The number of ether oxygens (including phenoxy) is 1. The third-order valence-electron chi connectivity index (χ3n) is 3.90. The first-order valence-electron chi connectivity index (χ1n) is 8.03. The Labute approximate surface area is 155 Å². The van der Waals surface area contributed by atoms with Crippen molar-refractivity contribution in [1.82, 2.24) is 19.7 Å². The summed E-state index contributed by atoms with van der Waals surface area (Å²) in [6.07, 6.45) is 4.16. The van der Waals surface area contributed by atoms with Gasteiger partial charge in [-0.2, -0.15) is 9.29 Å². The summed E-state index contributed by atoms with van der Waals surface area (Å²) in [4.78, 5) is 20.5. The predicted molar refractivity (Wildman–Crippen MR) is 96.6 cm³/mol. The van der Waals surface area contributed by atoms with Gasteiger partial charge in [-0.05, 0) is 24.3 Å². The molecule has 3 heterocycles. The van der Waals surface area contributed by atoms with E-state index >= 15 is 0 Å². The number of nitrogens with zero attached hydrogens (tertiary/aromatic N) is 3. The number of piperidine rings is 1. The number of aromatic nitrogens is 2. The number of amides is 1. The molecule has 0 bridgehead atoms. The van der Waals surface area contributed by atoms with Gasteiger partial charge < -0.3 is 4.74 Å². The van der Waals surface area contributed by atoms with Crippen molar-refractivity contribution in [3.05, 3.63) is 28.6 Å². The van der Waals surface area contributed by atoms with E-state index in [4.69, 9.17) is 4.74 Å². The molecular formula is C15H19N5O4S2. The third-order valence-corrected chi connectivity index (χ3v) is 6.88. The molecule has 1 fully saturated rings. The molecule has 1 saturated heterocycles. The second-order valence-electron chi connectivity index (χ2n) is 5.58. The number of carbonyl (C=O) groups excluding carboxylic acids is 1. The summed E-state index contributed by atoms with van der Waals surface area (Å²) >= 11 is 1.07. The molecule has 2 aromatic rings. The molecule has 0 aromatic carbocycles. The van der Waals surface area contributed by atoms with Gasteiger partial charge >= 0.3 is 0 Å². The molecule has 26 heavy (non-hydrogen) atoms. The first-order valence-corrected chi connectivity index (χ1v) is 10.4. The number of rotatable bonds is 6. The van der Waals surface area contributed by atoms with E-state index in [1.807, 2.05) is 0 Å². The van der Waals surface area contributed by atoms with E-state index in [9.17, 15) is 13.2 Å². The van der Waals surface area contributed by atoms with Gasteiger partial charge in [-0.15, -0.1) is 11.3 Å². The zero-order valence-electron chi connectivity index (χ0n) is 14.1. The van der Waals surface area contributed by atoms with Crippen LogP contribution in [0.4, 0.5) is 5.95 Å². The lowest BCUT2D eigenvalue weighted by Crippen LogP contribution is -2.37. The van der Waals surface area contributed by atoms with Crippen LogP contribution in [-0.2, 0) is 10.0 Å². The fourth-order valence-electron chi connectivity index (χ4n) is 2.60. The van der Waals surface area contributed by atoms with Crippen LogP contribution in [0.1, 0.15) is 28.9 Å². The Morgan fingerprint density at radius 1 is 1.27 bits per heavy atom. The van der Waals surface area contributed by atoms with Crippen LogP contribution in [0.25, 0.3) is 0 Å². The summed E-state index contributed by atoms with van der Waals surface area (Å²) in [5.41, 5.74) is 4.99. The van der Waals surface area contributed by atoms with Crippen molar-refractivity contribution < 1.29 is 17.9 Å². The van der Waals surface area contributed by atoms with Crippen molar-refractivity contribution in [2.24, 2.45) is 0 Å². The van der Waals surface area contributed by atoms with Gasteiger partial charge in [-0.25, -0.2) is 13.4 Å². The smallest absolute Gasteiger partial charge is 0.281 e. The Morgan fingerprint density at radius 3 is 2.77 bits per heavy atom. The highest BCUT2D eigenvalue weighted by Crippen LogP contribution is 2.27. The molecule has 0 spiro atoms. The SMILES string of the molecule is COc1ccnc(NNC(=O)c2sccc2S(=O)(=O)N2CCCCC2)n1. The number of anilines is 1. The minimum Gasteiger partial charge on any atom is -0.481 e. The van der Waals surface area contributed by atoms with Gasteiger partial charge in [0.1, 0.15) is 9.77 Å². The van der Waals surface area contributed by atoms with E-state index in [2.05, 4.69) is 20.8 Å². The van der Waals surface area contributed by atoms with E-state index in [1.165, 1.54) is 23.7 Å². The number of nitrogens with one attached hydrogen (secondary N) is 2. The lowest BCUT2D eigenvalue weighted by Gasteiger charge is -2.25. The number of sulfonamides is 1. The van der Waals surface area contributed by atoms with Crippen LogP contribution in [0, 0.1) is 0 Å². The molecule has 1 amide bonds. The highest BCUT2D eigenvalue weighted by atomic mass is 32.2. The number of carbonyl (C=O) groups is 1. The molecule has 2 aromatic heterocycles.